The van der Waals surface area contributed by atoms with Crippen molar-refractivity contribution in [3.63, 3.8) is 0 Å². The van der Waals surface area contributed by atoms with Gasteiger partial charge in [0.2, 0.25) is 0 Å². The second-order valence-corrected chi connectivity index (χ2v) is 5.23. The van der Waals surface area contributed by atoms with Crippen LogP contribution in [0.5, 0.6) is 11.5 Å². The van der Waals surface area contributed by atoms with Gasteiger partial charge in [-0.25, -0.2) is 0 Å². The number of aromatic amines is 1. The van der Waals surface area contributed by atoms with Gasteiger partial charge in [-0.15, -0.1) is 0 Å². The van der Waals surface area contributed by atoms with E-state index in [9.17, 15) is 5.11 Å². The minimum atomic E-state index is 0.207. The third kappa shape index (κ3) is 2.74. The molecule has 3 nitrogen and oxygen atoms in total. The topological polar surface area (TPSA) is 45.2 Å². The third-order valence-corrected chi connectivity index (χ3v) is 3.35. The molecular weight excluding hydrogens is 306 g/mol. The van der Waals surface area contributed by atoms with Crippen molar-refractivity contribution >= 4 is 26.8 Å². The Labute approximate surface area is 119 Å². The SMILES string of the molecule is Oc1cccc(OCc2cc3ccc(Br)cc3[nH]2)c1. The summed E-state index contributed by atoms with van der Waals surface area (Å²) >= 11 is 3.45. The molecule has 2 aromatic carbocycles. The van der Waals surface area contributed by atoms with Crippen LogP contribution in [-0.2, 0) is 6.61 Å². The van der Waals surface area contributed by atoms with Gasteiger partial charge >= 0.3 is 0 Å². The Hall–Kier alpha value is -1.94. The predicted molar refractivity (Wildman–Crippen MR) is 78.4 cm³/mol. The molecule has 0 spiro atoms. The number of H-pyrrole nitrogens is 1. The van der Waals surface area contributed by atoms with Crippen molar-refractivity contribution in [1.82, 2.24) is 4.98 Å². The first-order valence-corrected chi connectivity index (χ1v) is 6.69. The van der Waals surface area contributed by atoms with Crippen molar-refractivity contribution < 1.29 is 9.84 Å². The first-order chi connectivity index (χ1) is 9.20. The molecule has 2 N–H and O–H groups in total. The monoisotopic (exact) mass is 317 g/mol. The van der Waals surface area contributed by atoms with Gasteiger partial charge in [-0.2, -0.15) is 0 Å². The van der Waals surface area contributed by atoms with E-state index in [4.69, 9.17) is 4.74 Å². The minimum absolute atomic E-state index is 0.207. The molecule has 19 heavy (non-hydrogen) atoms. The average molecular weight is 318 g/mol. The van der Waals surface area contributed by atoms with Gasteiger partial charge in [0, 0.05) is 16.1 Å². The second-order valence-electron chi connectivity index (χ2n) is 4.31. The van der Waals surface area contributed by atoms with Gasteiger partial charge in [-0.3, -0.25) is 0 Å². The fourth-order valence-corrected chi connectivity index (χ4v) is 2.33. The first kappa shape index (κ1) is 12.1. The van der Waals surface area contributed by atoms with E-state index >= 15 is 0 Å². The Bertz CT molecular complexity index is 721. The lowest BCUT2D eigenvalue weighted by atomic mass is 10.2. The summed E-state index contributed by atoms with van der Waals surface area (Å²) in [5.74, 6) is 0.859. The van der Waals surface area contributed by atoms with E-state index < -0.39 is 0 Å². The van der Waals surface area contributed by atoms with E-state index in [1.807, 2.05) is 24.3 Å². The van der Waals surface area contributed by atoms with E-state index in [2.05, 4.69) is 27.0 Å². The van der Waals surface area contributed by atoms with Crippen LogP contribution in [0.3, 0.4) is 0 Å². The molecule has 3 rings (SSSR count). The van der Waals surface area contributed by atoms with E-state index in [1.54, 1.807) is 18.2 Å². The lowest BCUT2D eigenvalue weighted by Gasteiger charge is -2.04. The largest absolute Gasteiger partial charge is 0.508 e. The van der Waals surface area contributed by atoms with Crippen LogP contribution in [0, 0.1) is 0 Å². The van der Waals surface area contributed by atoms with E-state index in [1.165, 1.54) is 0 Å². The van der Waals surface area contributed by atoms with E-state index in [-0.39, 0.29) is 5.75 Å². The van der Waals surface area contributed by atoms with Crippen LogP contribution in [0.15, 0.2) is 53.0 Å². The van der Waals surface area contributed by atoms with Gasteiger partial charge in [0.05, 0.1) is 5.69 Å². The molecule has 0 fully saturated rings. The molecule has 0 bridgehead atoms. The molecule has 0 unspecified atom stereocenters. The number of aromatic nitrogens is 1. The molecule has 1 heterocycles. The third-order valence-electron chi connectivity index (χ3n) is 2.85. The number of ether oxygens (including phenoxy) is 1. The van der Waals surface area contributed by atoms with Crippen molar-refractivity contribution in [2.24, 2.45) is 0 Å². The Balaban J connectivity index is 1.78. The molecule has 0 amide bonds. The van der Waals surface area contributed by atoms with Gasteiger partial charge in [0.1, 0.15) is 18.1 Å². The summed E-state index contributed by atoms with van der Waals surface area (Å²) in [5, 5.41) is 10.5. The molecule has 0 atom stereocenters. The van der Waals surface area contributed by atoms with E-state index in [0.29, 0.717) is 12.4 Å². The fraction of sp³-hybridized carbons (Fsp3) is 0.0667. The van der Waals surface area contributed by atoms with Crippen molar-refractivity contribution in [3.8, 4) is 11.5 Å². The number of phenols is 1. The molecule has 0 aliphatic carbocycles. The van der Waals surface area contributed by atoms with E-state index in [0.717, 1.165) is 21.1 Å². The molecule has 0 radical (unpaired) electrons. The summed E-state index contributed by atoms with van der Waals surface area (Å²) in [6.07, 6.45) is 0. The highest BCUT2D eigenvalue weighted by Crippen LogP contribution is 2.22. The summed E-state index contributed by atoms with van der Waals surface area (Å²) in [5.41, 5.74) is 2.07. The van der Waals surface area contributed by atoms with Gasteiger partial charge in [0.25, 0.3) is 0 Å². The molecule has 96 valence electrons. The van der Waals surface area contributed by atoms with Crippen LogP contribution >= 0.6 is 15.9 Å². The lowest BCUT2D eigenvalue weighted by Crippen LogP contribution is -1.94. The zero-order chi connectivity index (χ0) is 13.2. The molecule has 0 aliphatic heterocycles. The lowest BCUT2D eigenvalue weighted by molar-refractivity contribution is 0.300. The Morgan fingerprint density at radius 3 is 2.84 bits per heavy atom. The van der Waals surface area contributed by atoms with Gasteiger partial charge in [-0.05, 0) is 35.7 Å². The van der Waals surface area contributed by atoms with Crippen LogP contribution in [-0.4, -0.2) is 10.1 Å². The Kier molecular flexibility index (Phi) is 3.17. The maximum absolute atomic E-state index is 9.36. The predicted octanol–water partition coefficient (Wildman–Crippen LogP) is 4.22. The molecule has 0 aliphatic rings. The highest BCUT2D eigenvalue weighted by molar-refractivity contribution is 9.10. The Morgan fingerprint density at radius 1 is 1.11 bits per heavy atom. The van der Waals surface area contributed by atoms with Gasteiger partial charge in [-0.1, -0.05) is 28.1 Å². The molecule has 0 saturated carbocycles. The van der Waals surface area contributed by atoms with Crippen molar-refractivity contribution in [1.29, 1.82) is 0 Å². The number of halogens is 1. The number of aromatic hydroxyl groups is 1. The summed E-state index contributed by atoms with van der Waals surface area (Å²) in [7, 11) is 0. The van der Waals surface area contributed by atoms with Gasteiger partial charge < -0.3 is 14.8 Å². The number of benzene rings is 2. The Morgan fingerprint density at radius 2 is 2.00 bits per heavy atom. The number of hydrogen-bond acceptors (Lipinski definition) is 2. The second kappa shape index (κ2) is 4.97. The number of fused-ring (bicyclic) bond motifs is 1. The number of phenolic OH excluding ortho intramolecular Hbond substituents is 1. The summed E-state index contributed by atoms with van der Waals surface area (Å²) < 4.78 is 6.67. The number of nitrogens with one attached hydrogen (secondary N) is 1. The number of rotatable bonds is 3. The average Bonchev–Trinajstić information content (AvgIpc) is 2.78. The maximum Gasteiger partial charge on any atom is 0.128 e. The molecule has 1 aromatic heterocycles. The highest BCUT2D eigenvalue weighted by Gasteiger charge is 2.02. The highest BCUT2D eigenvalue weighted by atomic mass is 79.9. The quantitative estimate of drug-likeness (QED) is 0.759. The standard InChI is InChI=1S/C15H12BrNO2/c16-11-5-4-10-6-12(17-15(10)7-11)9-19-14-3-1-2-13(18)8-14/h1-8,17-18H,9H2. The molecular formula is C15H12BrNO2. The minimum Gasteiger partial charge on any atom is -0.508 e. The maximum atomic E-state index is 9.36. The van der Waals surface area contributed by atoms with Gasteiger partial charge in [0.15, 0.2) is 0 Å². The molecule has 3 aromatic rings. The van der Waals surface area contributed by atoms with Crippen LogP contribution in [0.2, 0.25) is 0 Å². The summed E-state index contributed by atoms with van der Waals surface area (Å²) in [6.45, 7) is 0.440. The zero-order valence-electron chi connectivity index (χ0n) is 10.1. The van der Waals surface area contributed by atoms with Crippen LogP contribution in [0.4, 0.5) is 0 Å². The number of hydrogen-bond donors (Lipinski definition) is 2. The normalized spacial score (nSPS) is 10.8. The van der Waals surface area contributed by atoms with Crippen LogP contribution < -0.4 is 4.74 Å². The molecule has 4 heteroatoms. The first-order valence-electron chi connectivity index (χ1n) is 5.90. The molecule has 0 saturated heterocycles. The zero-order valence-corrected chi connectivity index (χ0v) is 11.6. The van der Waals surface area contributed by atoms with Crippen molar-refractivity contribution in [2.45, 2.75) is 6.61 Å². The smallest absolute Gasteiger partial charge is 0.128 e. The van der Waals surface area contributed by atoms with Crippen molar-refractivity contribution in [3.05, 3.63) is 58.7 Å². The fourth-order valence-electron chi connectivity index (χ4n) is 1.97. The summed E-state index contributed by atoms with van der Waals surface area (Å²) in [4.78, 5) is 3.30. The summed E-state index contributed by atoms with van der Waals surface area (Å²) in [6, 6.07) is 14.9. The van der Waals surface area contributed by atoms with Crippen LogP contribution in [0.25, 0.3) is 10.9 Å². The van der Waals surface area contributed by atoms with Crippen molar-refractivity contribution in [2.75, 3.05) is 0 Å². The van der Waals surface area contributed by atoms with Crippen LogP contribution in [0.1, 0.15) is 5.69 Å².